The fourth-order valence-electron chi connectivity index (χ4n) is 2.23. The summed E-state index contributed by atoms with van der Waals surface area (Å²) in [6.45, 7) is 0. The Morgan fingerprint density at radius 3 is 2.90 bits per heavy atom. The molecule has 0 atom stereocenters. The highest BCUT2D eigenvalue weighted by Crippen LogP contribution is 2.30. The first-order valence-electron chi connectivity index (χ1n) is 6.20. The zero-order valence-corrected chi connectivity index (χ0v) is 10.9. The van der Waals surface area contributed by atoms with Crippen molar-refractivity contribution in [1.29, 1.82) is 5.26 Å². The maximum atomic E-state index is 11.6. The minimum absolute atomic E-state index is 0.105. The number of nitrogens with one attached hydrogen (secondary N) is 1. The number of hydrogen-bond donors (Lipinski definition) is 1. The second kappa shape index (κ2) is 4.67. The van der Waals surface area contributed by atoms with E-state index in [0.29, 0.717) is 17.8 Å². The molecule has 0 unspecified atom stereocenters. The lowest BCUT2D eigenvalue weighted by molar-refractivity contribution is -0.117. The van der Waals surface area contributed by atoms with Crippen LogP contribution in [-0.2, 0) is 11.2 Å². The molecule has 0 spiro atoms. The van der Waals surface area contributed by atoms with Crippen molar-refractivity contribution in [2.75, 3.05) is 17.3 Å². The molecule has 98 valence electrons. The third-order valence-corrected chi connectivity index (χ3v) is 3.32. The largest absolute Gasteiger partial charge is 0.340 e. The van der Waals surface area contributed by atoms with Crippen LogP contribution in [0.3, 0.4) is 0 Å². The second-order valence-electron chi connectivity index (χ2n) is 4.64. The molecule has 5 nitrogen and oxygen atoms in total. The molecule has 0 fully saturated rings. The Labute approximate surface area is 116 Å². The van der Waals surface area contributed by atoms with Crippen LogP contribution in [0.25, 0.3) is 0 Å². The standard InChI is InChI=1S/C15H12N4O/c1-19-13-4-3-12(6-11(13)7-15(19)20)18-14-5-2-10(8-16)9-17-14/h2-6,9H,7H2,1H3,(H,17,18). The highest BCUT2D eigenvalue weighted by atomic mass is 16.2. The number of nitrogens with zero attached hydrogens (tertiary/aromatic N) is 3. The topological polar surface area (TPSA) is 69.0 Å². The third kappa shape index (κ3) is 2.08. The molecule has 2 heterocycles. The van der Waals surface area contributed by atoms with E-state index in [1.807, 2.05) is 24.3 Å². The molecule has 20 heavy (non-hydrogen) atoms. The summed E-state index contributed by atoms with van der Waals surface area (Å²) < 4.78 is 0. The molecular weight excluding hydrogens is 252 g/mol. The van der Waals surface area contributed by atoms with Crippen LogP contribution in [0.5, 0.6) is 0 Å². The van der Waals surface area contributed by atoms with Crippen LogP contribution >= 0.6 is 0 Å². The van der Waals surface area contributed by atoms with E-state index < -0.39 is 0 Å². The molecule has 1 amide bonds. The van der Waals surface area contributed by atoms with Gasteiger partial charge in [-0.25, -0.2) is 4.98 Å². The second-order valence-corrected chi connectivity index (χ2v) is 4.64. The Hall–Kier alpha value is -2.87. The average Bonchev–Trinajstić information content (AvgIpc) is 2.74. The van der Waals surface area contributed by atoms with Crippen molar-refractivity contribution >= 4 is 23.1 Å². The van der Waals surface area contributed by atoms with Crippen LogP contribution < -0.4 is 10.2 Å². The van der Waals surface area contributed by atoms with Crippen molar-refractivity contribution in [2.24, 2.45) is 0 Å². The van der Waals surface area contributed by atoms with Gasteiger partial charge in [0.1, 0.15) is 11.9 Å². The zero-order valence-electron chi connectivity index (χ0n) is 10.9. The molecule has 1 N–H and O–H groups in total. The first kappa shape index (κ1) is 12.2. The lowest BCUT2D eigenvalue weighted by atomic mass is 10.1. The summed E-state index contributed by atoms with van der Waals surface area (Å²) >= 11 is 0. The number of carbonyl (C=O) groups is 1. The average molecular weight is 264 g/mol. The molecular formula is C15H12N4O. The van der Waals surface area contributed by atoms with Gasteiger partial charge in [-0.1, -0.05) is 0 Å². The molecule has 1 aliphatic heterocycles. The van der Waals surface area contributed by atoms with E-state index in [9.17, 15) is 4.79 Å². The predicted octanol–water partition coefficient (Wildman–Crippen LogP) is 2.22. The van der Waals surface area contributed by atoms with E-state index in [-0.39, 0.29) is 5.91 Å². The Kier molecular flexibility index (Phi) is 2.84. The Bertz CT molecular complexity index is 716. The lowest BCUT2D eigenvalue weighted by Crippen LogP contribution is -2.20. The molecule has 5 heteroatoms. The van der Waals surface area contributed by atoms with E-state index in [0.717, 1.165) is 16.9 Å². The number of fused-ring (bicyclic) bond motifs is 1. The summed E-state index contributed by atoms with van der Waals surface area (Å²) in [5, 5.41) is 11.9. The normalized spacial score (nSPS) is 13.0. The third-order valence-electron chi connectivity index (χ3n) is 3.32. The Morgan fingerprint density at radius 1 is 1.35 bits per heavy atom. The lowest BCUT2D eigenvalue weighted by Gasteiger charge is -2.11. The van der Waals surface area contributed by atoms with Gasteiger partial charge < -0.3 is 10.2 Å². The van der Waals surface area contributed by atoms with E-state index in [1.165, 1.54) is 6.20 Å². The summed E-state index contributed by atoms with van der Waals surface area (Å²) in [6.07, 6.45) is 1.95. The molecule has 0 saturated heterocycles. The first-order chi connectivity index (χ1) is 9.67. The number of aromatic nitrogens is 1. The number of amides is 1. The summed E-state index contributed by atoms with van der Waals surface area (Å²) in [5.41, 5.74) is 3.37. The van der Waals surface area contributed by atoms with Crippen LogP contribution in [0.4, 0.5) is 17.2 Å². The van der Waals surface area contributed by atoms with Gasteiger partial charge in [-0.15, -0.1) is 0 Å². The SMILES string of the molecule is CN1C(=O)Cc2cc(Nc3ccc(C#N)cn3)ccc21. The summed E-state index contributed by atoms with van der Waals surface area (Å²) in [7, 11) is 1.78. The molecule has 2 aromatic rings. The van der Waals surface area contributed by atoms with Gasteiger partial charge in [0.2, 0.25) is 5.91 Å². The number of carbonyl (C=O) groups excluding carboxylic acids is 1. The number of pyridine rings is 1. The fourth-order valence-corrected chi connectivity index (χ4v) is 2.23. The van der Waals surface area contributed by atoms with Crippen LogP contribution in [-0.4, -0.2) is 17.9 Å². The monoisotopic (exact) mass is 264 g/mol. The number of benzene rings is 1. The van der Waals surface area contributed by atoms with Crippen molar-refractivity contribution in [3.05, 3.63) is 47.7 Å². The molecule has 1 aromatic carbocycles. The van der Waals surface area contributed by atoms with Crippen LogP contribution in [0.2, 0.25) is 0 Å². The Morgan fingerprint density at radius 2 is 2.20 bits per heavy atom. The molecule has 0 aliphatic carbocycles. The maximum Gasteiger partial charge on any atom is 0.231 e. The van der Waals surface area contributed by atoms with Gasteiger partial charge in [0.15, 0.2) is 0 Å². The summed E-state index contributed by atoms with van der Waals surface area (Å²) in [5.74, 6) is 0.773. The highest BCUT2D eigenvalue weighted by Gasteiger charge is 2.23. The minimum atomic E-state index is 0.105. The van der Waals surface area contributed by atoms with Gasteiger partial charge >= 0.3 is 0 Å². The van der Waals surface area contributed by atoms with Crippen molar-refractivity contribution in [3.8, 4) is 6.07 Å². The maximum absolute atomic E-state index is 11.6. The highest BCUT2D eigenvalue weighted by molar-refractivity contribution is 6.01. The van der Waals surface area contributed by atoms with Gasteiger partial charge in [-0.05, 0) is 35.9 Å². The zero-order chi connectivity index (χ0) is 14.1. The van der Waals surface area contributed by atoms with E-state index in [2.05, 4.69) is 10.3 Å². The number of rotatable bonds is 2. The smallest absolute Gasteiger partial charge is 0.231 e. The van der Waals surface area contributed by atoms with E-state index in [4.69, 9.17) is 5.26 Å². The number of hydrogen-bond acceptors (Lipinski definition) is 4. The fraction of sp³-hybridized carbons (Fsp3) is 0.133. The number of likely N-dealkylation sites (N-methyl/N-ethyl adjacent to an activating group) is 1. The first-order valence-corrected chi connectivity index (χ1v) is 6.20. The molecule has 0 saturated carbocycles. The van der Waals surface area contributed by atoms with Crippen LogP contribution in [0, 0.1) is 11.3 Å². The van der Waals surface area contributed by atoms with Crippen molar-refractivity contribution in [1.82, 2.24) is 4.98 Å². The van der Waals surface area contributed by atoms with Crippen molar-refractivity contribution < 1.29 is 4.79 Å². The molecule has 1 aromatic heterocycles. The van der Waals surface area contributed by atoms with Crippen LogP contribution in [0.1, 0.15) is 11.1 Å². The van der Waals surface area contributed by atoms with Crippen molar-refractivity contribution in [2.45, 2.75) is 6.42 Å². The molecule has 1 aliphatic rings. The van der Waals surface area contributed by atoms with Gasteiger partial charge in [0.05, 0.1) is 12.0 Å². The van der Waals surface area contributed by atoms with E-state index in [1.54, 1.807) is 24.1 Å². The number of anilines is 3. The predicted molar refractivity (Wildman–Crippen MR) is 75.8 cm³/mol. The number of nitriles is 1. The minimum Gasteiger partial charge on any atom is -0.340 e. The van der Waals surface area contributed by atoms with Gasteiger partial charge in [-0.2, -0.15) is 5.26 Å². The van der Waals surface area contributed by atoms with Gasteiger partial charge in [0, 0.05) is 24.6 Å². The summed E-state index contributed by atoms with van der Waals surface area (Å²) in [4.78, 5) is 17.5. The van der Waals surface area contributed by atoms with Crippen molar-refractivity contribution in [3.63, 3.8) is 0 Å². The quantitative estimate of drug-likeness (QED) is 0.903. The van der Waals surface area contributed by atoms with Gasteiger partial charge in [-0.3, -0.25) is 4.79 Å². The molecule has 0 bridgehead atoms. The molecule has 0 radical (unpaired) electrons. The van der Waals surface area contributed by atoms with E-state index >= 15 is 0 Å². The summed E-state index contributed by atoms with van der Waals surface area (Å²) in [6, 6.07) is 11.3. The van der Waals surface area contributed by atoms with Gasteiger partial charge in [0.25, 0.3) is 0 Å². The van der Waals surface area contributed by atoms with Crippen LogP contribution in [0.15, 0.2) is 36.5 Å². The Balaban J connectivity index is 1.84. The molecule has 3 rings (SSSR count).